The van der Waals surface area contributed by atoms with Crippen LogP contribution in [0.4, 0.5) is 0 Å². The van der Waals surface area contributed by atoms with Crippen LogP contribution in [0.5, 0.6) is 0 Å². The molecule has 2 bridgehead atoms. The largest absolute Gasteiger partial charge is 0.332 e. The molecule has 3 rings (SSSR count). The van der Waals surface area contributed by atoms with Gasteiger partial charge in [0.05, 0.1) is 6.04 Å². The van der Waals surface area contributed by atoms with Crippen LogP contribution in [0.2, 0.25) is 0 Å². The van der Waals surface area contributed by atoms with Crippen molar-refractivity contribution in [2.24, 2.45) is 17.8 Å². The molecule has 20 heavy (non-hydrogen) atoms. The maximum Gasteiger partial charge on any atom is 0.250 e. The van der Waals surface area contributed by atoms with Crippen molar-refractivity contribution in [2.45, 2.75) is 58.9 Å². The first kappa shape index (κ1) is 13.9. The monoisotopic (exact) mass is 273 g/mol. The van der Waals surface area contributed by atoms with E-state index in [2.05, 4.69) is 30.9 Å². The van der Waals surface area contributed by atoms with Crippen LogP contribution in [-0.4, -0.2) is 23.4 Å². The molecule has 2 nitrogen and oxygen atoms in total. The lowest BCUT2D eigenvalue weighted by atomic mass is 9.89. The summed E-state index contributed by atoms with van der Waals surface area (Å²) < 4.78 is 0. The summed E-state index contributed by atoms with van der Waals surface area (Å²) in [7, 11) is 0. The summed E-state index contributed by atoms with van der Waals surface area (Å²) in [5.41, 5.74) is 2.23. The molecule has 0 radical (unpaired) electrons. The zero-order valence-electron chi connectivity index (χ0n) is 13.1. The van der Waals surface area contributed by atoms with Crippen molar-refractivity contribution in [1.82, 2.24) is 4.90 Å². The third-order valence-electron chi connectivity index (χ3n) is 5.91. The molecule has 1 fully saturated rings. The molecule has 4 atom stereocenters. The van der Waals surface area contributed by atoms with Crippen LogP contribution in [-0.2, 0) is 4.79 Å². The molecule has 4 unspecified atom stereocenters. The highest BCUT2D eigenvalue weighted by Crippen LogP contribution is 2.45. The zero-order chi connectivity index (χ0) is 14.3. The lowest BCUT2D eigenvalue weighted by Crippen LogP contribution is -2.34. The van der Waals surface area contributed by atoms with E-state index in [1.165, 1.54) is 31.3 Å². The van der Waals surface area contributed by atoms with Gasteiger partial charge in [0.25, 0.3) is 0 Å². The molecule has 0 N–H and O–H groups in total. The summed E-state index contributed by atoms with van der Waals surface area (Å²) in [4.78, 5) is 14.2. The van der Waals surface area contributed by atoms with Gasteiger partial charge in [-0.15, -0.1) is 0 Å². The van der Waals surface area contributed by atoms with E-state index in [9.17, 15) is 4.79 Å². The summed E-state index contributed by atoms with van der Waals surface area (Å²) in [6.45, 7) is 7.16. The van der Waals surface area contributed by atoms with Crippen LogP contribution >= 0.6 is 0 Å². The molecular weight excluding hydrogens is 246 g/mol. The van der Waals surface area contributed by atoms with Crippen LogP contribution in [0, 0.1) is 17.8 Å². The van der Waals surface area contributed by atoms with Crippen LogP contribution < -0.4 is 0 Å². The zero-order valence-corrected chi connectivity index (χ0v) is 13.1. The molecule has 1 saturated carbocycles. The summed E-state index contributed by atoms with van der Waals surface area (Å²) in [5, 5.41) is 0. The van der Waals surface area contributed by atoms with Crippen molar-refractivity contribution >= 4 is 5.91 Å². The van der Waals surface area contributed by atoms with Gasteiger partial charge in [-0.3, -0.25) is 4.79 Å². The predicted molar refractivity (Wildman–Crippen MR) is 82.2 cm³/mol. The molecule has 0 aromatic carbocycles. The van der Waals surface area contributed by atoms with Crippen LogP contribution in [0.25, 0.3) is 0 Å². The normalized spacial score (nSPS) is 35.8. The maximum absolute atomic E-state index is 12.1. The van der Waals surface area contributed by atoms with Crippen molar-refractivity contribution in [2.75, 3.05) is 6.54 Å². The number of rotatable bonds is 5. The molecule has 1 heterocycles. The Hall–Kier alpha value is -1.05. The summed E-state index contributed by atoms with van der Waals surface area (Å²) in [6, 6.07) is 0.313. The minimum absolute atomic E-state index is 0.262. The fourth-order valence-electron chi connectivity index (χ4n) is 4.32. The molecular formula is C18H27NO. The van der Waals surface area contributed by atoms with E-state index in [1.807, 2.05) is 6.92 Å². The van der Waals surface area contributed by atoms with Gasteiger partial charge in [-0.1, -0.05) is 18.6 Å². The Kier molecular flexibility index (Phi) is 3.74. The number of unbranched alkanes of at least 4 members (excludes halogenated alkanes) is 1. The lowest BCUT2D eigenvalue weighted by molar-refractivity contribution is -0.126. The minimum Gasteiger partial charge on any atom is -0.332 e. The number of hydrogen-bond donors (Lipinski definition) is 0. The SMILES string of the molecule is CC1=C(C)C(C)N(CCCCC2CC3C=CC2C3)C1=O. The first-order chi connectivity index (χ1) is 9.58. The van der Waals surface area contributed by atoms with Gasteiger partial charge in [0.15, 0.2) is 0 Å². The highest BCUT2D eigenvalue weighted by molar-refractivity contribution is 5.96. The van der Waals surface area contributed by atoms with Crippen molar-refractivity contribution in [3.05, 3.63) is 23.3 Å². The van der Waals surface area contributed by atoms with Gasteiger partial charge in [0, 0.05) is 12.1 Å². The van der Waals surface area contributed by atoms with E-state index in [0.29, 0.717) is 6.04 Å². The van der Waals surface area contributed by atoms with Crippen LogP contribution in [0.15, 0.2) is 23.3 Å². The molecule has 0 aromatic rings. The van der Waals surface area contributed by atoms with E-state index in [-0.39, 0.29) is 5.91 Å². The van der Waals surface area contributed by atoms with Gasteiger partial charge in [-0.25, -0.2) is 0 Å². The van der Waals surface area contributed by atoms with E-state index in [4.69, 9.17) is 0 Å². The Morgan fingerprint density at radius 3 is 2.55 bits per heavy atom. The summed E-state index contributed by atoms with van der Waals surface area (Å²) in [6.07, 6.45) is 11.5. The van der Waals surface area contributed by atoms with E-state index in [0.717, 1.165) is 36.3 Å². The lowest BCUT2D eigenvalue weighted by Gasteiger charge is -2.24. The van der Waals surface area contributed by atoms with E-state index >= 15 is 0 Å². The first-order valence-electron chi connectivity index (χ1n) is 8.24. The third kappa shape index (κ3) is 2.34. The average molecular weight is 273 g/mol. The summed E-state index contributed by atoms with van der Waals surface area (Å²) >= 11 is 0. The fourth-order valence-corrected chi connectivity index (χ4v) is 4.32. The second-order valence-corrected chi connectivity index (χ2v) is 7.02. The third-order valence-corrected chi connectivity index (χ3v) is 5.91. The van der Waals surface area contributed by atoms with Crippen molar-refractivity contribution < 1.29 is 4.79 Å². The standard InChI is InChI=1S/C18H27NO/c1-12-13(2)18(20)19(14(12)3)9-5-4-6-16-10-15-7-8-17(16)11-15/h7-8,14-17H,4-6,9-11H2,1-3H3. The number of carbonyl (C=O) groups excluding carboxylic acids is 1. The molecule has 0 aromatic heterocycles. The number of fused-ring (bicyclic) bond motifs is 2. The number of amides is 1. The number of carbonyl (C=O) groups is 1. The molecule has 2 aliphatic carbocycles. The predicted octanol–water partition coefficient (Wildman–Crippen LogP) is 3.94. The number of allylic oxidation sites excluding steroid dienone is 2. The number of nitrogens with zero attached hydrogens (tertiary/aromatic N) is 1. The van der Waals surface area contributed by atoms with Crippen molar-refractivity contribution in [1.29, 1.82) is 0 Å². The van der Waals surface area contributed by atoms with Crippen molar-refractivity contribution in [3.63, 3.8) is 0 Å². The highest BCUT2D eigenvalue weighted by Gasteiger charge is 2.35. The molecule has 1 aliphatic heterocycles. The molecule has 3 aliphatic rings. The van der Waals surface area contributed by atoms with Gasteiger partial charge < -0.3 is 4.90 Å². The van der Waals surface area contributed by atoms with Gasteiger partial charge >= 0.3 is 0 Å². The molecule has 110 valence electrons. The molecule has 0 saturated heterocycles. The second kappa shape index (κ2) is 5.38. The summed E-state index contributed by atoms with van der Waals surface area (Å²) in [5.74, 6) is 2.95. The number of hydrogen-bond acceptors (Lipinski definition) is 1. The highest BCUT2D eigenvalue weighted by atomic mass is 16.2. The van der Waals surface area contributed by atoms with Gasteiger partial charge in [-0.05, 0) is 69.8 Å². The molecule has 0 spiro atoms. The van der Waals surface area contributed by atoms with E-state index < -0.39 is 0 Å². The smallest absolute Gasteiger partial charge is 0.250 e. The Morgan fingerprint density at radius 1 is 1.20 bits per heavy atom. The molecule has 1 amide bonds. The molecule has 2 heteroatoms. The Bertz CT molecular complexity index is 462. The van der Waals surface area contributed by atoms with Crippen molar-refractivity contribution in [3.8, 4) is 0 Å². The minimum atomic E-state index is 0.262. The Labute approximate surface area is 122 Å². The first-order valence-corrected chi connectivity index (χ1v) is 8.24. The fraction of sp³-hybridized carbons (Fsp3) is 0.722. The van der Waals surface area contributed by atoms with Gasteiger partial charge in [0.2, 0.25) is 5.91 Å². The maximum atomic E-state index is 12.1. The van der Waals surface area contributed by atoms with Crippen LogP contribution in [0.1, 0.15) is 52.9 Å². The quantitative estimate of drug-likeness (QED) is 0.549. The van der Waals surface area contributed by atoms with Gasteiger partial charge in [-0.2, -0.15) is 0 Å². The average Bonchev–Trinajstić information content (AvgIpc) is 3.10. The van der Waals surface area contributed by atoms with Crippen LogP contribution in [0.3, 0.4) is 0 Å². The Morgan fingerprint density at radius 2 is 2.00 bits per heavy atom. The van der Waals surface area contributed by atoms with Gasteiger partial charge in [0.1, 0.15) is 0 Å². The van der Waals surface area contributed by atoms with E-state index in [1.54, 1.807) is 0 Å². The second-order valence-electron chi connectivity index (χ2n) is 7.02. The topological polar surface area (TPSA) is 20.3 Å². The Balaban J connectivity index is 1.41.